The third-order valence-corrected chi connectivity index (χ3v) is 3.45. The molecule has 1 heterocycles. The Kier molecular flexibility index (Phi) is 3.25. The lowest BCUT2D eigenvalue weighted by molar-refractivity contribution is 1.12. The third-order valence-electron chi connectivity index (χ3n) is 2.52. The van der Waals surface area contributed by atoms with Crippen molar-refractivity contribution in [3.8, 4) is 0 Å². The molecule has 0 aliphatic carbocycles. The second-order valence-corrected chi connectivity index (χ2v) is 5.03. The van der Waals surface area contributed by atoms with Gasteiger partial charge in [0.15, 0.2) is 0 Å². The largest absolute Gasteiger partial charge is 0.380 e. The number of benzene rings is 1. The van der Waals surface area contributed by atoms with Crippen LogP contribution in [0, 0.1) is 20.8 Å². The highest BCUT2D eigenvalue weighted by atomic mass is 32.1. The van der Waals surface area contributed by atoms with Gasteiger partial charge in [-0.25, -0.2) is 4.98 Å². The van der Waals surface area contributed by atoms with E-state index in [2.05, 4.69) is 49.3 Å². The van der Waals surface area contributed by atoms with E-state index in [1.165, 1.54) is 21.7 Å². The molecule has 0 radical (unpaired) electrons. The number of hydrogen-bond donors (Lipinski definition) is 1. The molecule has 0 aliphatic heterocycles. The van der Waals surface area contributed by atoms with Crippen LogP contribution >= 0.6 is 11.3 Å². The number of aryl methyl sites for hydroxylation is 3. The molecule has 2 rings (SSSR count). The number of hydrogen-bond acceptors (Lipinski definition) is 3. The van der Waals surface area contributed by atoms with Gasteiger partial charge in [-0.15, -0.1) is 11.3 Å². The molecule has 0 atom stereocenters. The lowest BCUT2D eigenvalue weighted by Gasteiger charge is -2.07. The van der Waals surface area contributed by atoms with Crippen LogP contribution in [-0.4, -0.2) is 4.98 Å². The fourth-order valence-corrected chi connectivity index (χ4v) is 2.47. The molecule has 1 N–H and O–H groups in total. The topological polar surface area (TPSA) is 24.9 Å². The van der Waals surface area contributed by atoms with Crippen molar-refractivity contribution in [1.29, 1.82) is 0 Å². The van der Waals surface area contributed by atoms with Crippen LogP contribution in [0.2, 0.25) is 0 Å². The molecule has 1 aromatic carbocycles. The van der Waals surface area contributed by atoms with E-state index in [0.29, 0.717) is 0 Å². The monoisotopic (exact) mass is 232 g/mol. The Balaban J connectivity index is 2.07. The van der Waals surface area contributed by atoms with Crippen LogP contribution in [0.1, 0.15) is 21.7 Å². The van der Waals surface area contributed by atoms with Gasteiger partial charge in [-0.3, -0.25) is 0 Å². The van der Waals surface area contributed by atoms with E-state index in [-0.39, 0.29) is 0 Å². The van der Waals surface area contributed by atoms with Crippen molar-refractivity contribution in [3.05, 3.63) is 45.4 Å². The molecule has 0 aliphatic rings. The maximum absolute atomic E-state index is 4.24. The van der Waals surface area contributed by atoms with Crippen molar-refractivity contribution in [3.63, 3.8) is 0 Å². The van der Waals surface area contributed by atoms with Crippen molar-refractivity contribution < 1.29 is 0 Å². The van der Waals surface area contributed by atoms with Crippen molar-refractivity contribution in [2.24, 2.45) is 0 Å². The summed E-state index contributed by atoms with van der Waals surface area (Å²) >= 11 is 1.70. The Morgan fingerprint density at radius 1 is 1.12 bits per heavy atom. The highest BCUT2D eigenvalue weighted by Crippen LogP contribution is 2.17. The normalized spacial score (nSPS) is 10.4. The number of nitrogens with one attached hydrogen (secondary N) is 1. The molecule has 84 valence electrons. The highest BCUT2D eigenvalue weighted by Gasteiger charge is 2.01. The molecule has 16 heavy (non-hydrogen) atoms. The molecule has 0 spiro atoms. The van der Waals surface area contributed by atoms with Gasteiger partial charge in [-0.1, -0.05) is 6.07 Å². The predicted molar refractivity (Wildman–Crippen MR) is 70.1 cm³/mol. The average molecular weight is 232 g/mol. The molecule has 0 amide bonds. The quantitative estimate of drug-likeness (QED) is 0.873. The minimum Gasteiger partial charge on any atom is -0.380 e. The first kappa shape index (κ1) is 11.1. The van der Waals surface area contributed by atoms with Crippen LogP contribution in [0.25, 0.3) is 0 Å². The molecule has 0 saturated carbocycles. The van der Waals surface area contributed by atoms with Gasteiger partial charge in [0.25, 0.3) is 0 Å². The molecule has 0 unspecified atom stereocenters. The van der Waals surface area contributed by atoms with E-state index in [9.17, 15) is 0 Å². The molecule has 1 aromatic heterocycles. The van der Waals surface area contributed by atoms with Gasteiger partial charge in [0.1, 0.15) is 0 Å². The smallest absolute Gasteiger partial charge is 0.0798 e. The first-order valence-corrected chi connectivity index (χ1v) is 6.24. The second kappa shape index (κ2) is 4.66. The van der Waals surface area contributed by atoms with Gasteiger partial charge in [-0.2, -0.15) is 0 Å². The predicted octanol–water partition coefficient (Wildman–Crippen LogP) is 3.68. The van der Waals surface area contributed by atoms with E-state index in [0.717, 1.165) is 12.2 Å². The second-order valence-electron chi connectivity index (χ2n) is 4.09. The minimum absolute atomic E-state index is 0.861. The first-order chi connectivity index (χ1) is 7.65. The summed E-state index contributed by atoms with van der Waals surface area (Å²) in [6.07, 6.45) is 0. The van der Waals surface area contributed by atoms with Crippen LogP contribution in [0.3, 0.4) is 0 Å². The molecule has 3 heteroatoms. The van der Waals surface area contributed by atoms with Gasteiger partial charge in [0.2, 0.25) is 0 Å². The summed E-state index contributed by atoms with van der Waals surface area (Å²) in [7, 11) is 0. The van der Waals surface area contributed by atoms with Gasteiger partial charge in [0, 0.05) is 10.6 Å². The van der Waals surface area contributed by atoms with Crippen molar-refractivity contribution >= 4 is 17.0 Å². The average Bonchev–Trinajstić information content (AvgIpc) is 2.59. The van der Waals surface area contributed by atoms with Gasteiger partial charge in [0.05, 0.1) is 17.7 Å². The molecule has 2 aromatic rings. The number of nitrogens with zero attached hydrogens (tertiary/aromatic N) is 1. The fourth-order valence-electron chi connectivity index (χ4n) is 1.75. The van der Waals surface area contributed by atoms with Crippen molar-refractivity contribution in [1.82, 2.24) is 4.98 Å². The SMILES string of the molecule is Cc1cc(C)cc(NCc2scnc2C)c1. The van der Waals surface area contributed by atoms with Gasteiger partial charge >= 0.3 is 0 Å². The Bertz CT molecular complexity index is 468. The molecular formula is C13H16N2S. The summed E-state index contributed by atoms with van der Waals surface area (Å²) in [5, 5.41) is 3.44. The van der Waals surface area contributed by atoms with E-state index >= 15 is 0 Å². The maximum Gasteiger partial charge on any atom is 0.0798 e. The van der Waals surface area contributed by atoms with E-state index in [1.807, 2.05) is 5.51 Å². The molecule has 0 fully saturated rings. The lowest BCUT2D eigenvalue weighted by atomic mass is 10.1. The van der Waals surface area contributed by atoms with Gasteiger partial charge < -0.3 is 5.32 Å². The first-order valence-electron chi connectivity index (χ1n) is 5.36. The number of anilines is 1. The maximum atomic E-state index is 4.24. The standard InChI is InChI=1S/C13H16N2S/c1-9-4-10(2)6-12(5-9)14-7-13-11(3)15-8-16-13/h4-6,8,14H,7H2,1-3H3. The third kappa shape index (κ3) is 2.61. The molecule has 2 nitrogen and oxygen atoms in total. The molecule has 0 saturated heterocycles. The summed E-state index contributed by atoms with van der Waals surface area (Å²) in [5.74, 6) is 0. The van der Waals surface area contributed by atoms with Crippen molar-refractivity contribution in [2.45, 2.75) is 27.3 Å². The molecular weight excluding hydrogens is 216 g/mol. The number of rotatable bonds is 3. The number of aromatic nitrogens is 1. The highest BCUT2D eigenvalue weighted by molar-refractivity contribution is 7.09. The number of thiazole rings is 1. The van der Waals surface area contributed by atoms with Crippen LogP contribution in [0.5, 0.6) is 0 Å². The zero-order valence-electron chi connectivity index (χ0n) is 9.87. The summed E-state index contributed by atoms with van der Waals surface area (Å²) in [5.41, 5.74) is 6.80. The van der Waals surface area contributed by atoms with E-state index in [1.54, 1.807) is 11.3 Å². The fraction of sp³-hybridized carbons (Fsp3) is 0.308. The summed E-state index contributed by atoms with van der Waals surface area (Å²) < 4.78 is 0. The summed E-state index contributed by atoms with van der Waals surface area (Å²) in [6, 6.07) is 6.52. The van der Waals surface area contributed by atoms with Crippen LogP contribution in [0.15, 0.2) is 23.7 Å². The molecule has 0 bridgehead atoms. The van der Waals surface area contributed by atoms with E-state index in [4.69, 9.17) is 0 Å². The lowest BCUT2D eigenvalue weighted by Crippen LogP contribution is -1.99. The Labute approximate surface area is 100 Å². The van der Waals surface area contributed by atoms with Crippen LogP contribution in [-0.2, 0) is 6.54 Å². The minimum atomic E-state index is 0.861. The Morgan fingerprint density at radius 2 is 1.81 bits per heavy atom. The van der Waals surface area contributed by atoms with Crippen LogP contribution in [0.4, 0.5) is 5.69 Å². The van der Waals surface area contributed by atoms with Crippen LogP contribution < -0.4 is 5.32 Å². The van der Waals surface area contributed by atoms with Gasteiger partial charge in [-0.05, 0) is 44.0 Å². The Morgan fingerprint density at radius 3 is 2.38 bits per heavy atom. The Hall–Kier alpha value is -1.35. The summed E-state index contributed by atoms with van der Waals surface area (Å²) in [6.45, 7) is 7.15. The zero-order chi connectivity index (χ0) is 11.5. The summed E-state index contributed by atoms with van der Waals surface area (Å²) in [4.78, 5) is 5.55. The van der Waals surface area contributed by atoms with Crippen molar-refractivity contribution in [2.75, 3.05) is 5.32 Å². The zero-order valence-corrected chi connectivity index (χ0v) is 10.7. The van der Waals surface area contributed by atoms with E-state index < -0.39 is 0 Å².